The van der Waals surface area contributed by atoms with Crippen LogP contribution in [0.5, 0.6) is 5.75 Å². The zero-order valence-electron chi connectivity index (χ0n) is 6.30. The van der Waals surface area contributed by atoms with Gasteiger partial charge in [-0.1, -0.05) is 24.3 Å². The van der Waals surface area contributed by atoms with Gasteiger partial charge >= 0.3 is 0 Å². The SMILES string of the molecule is Oc1cccc(C=CCCl)c1Br. The number of phenolic OH excluding ortho intramolecular Hbond substituents is 1. The quantitative estimate of drug-likeness (QED) is 0.794. The summed E-state index contributed by atoms with van der Waals surface area (Å²) in [5, 5.41) is 9.29. The Morgan fingerprint density at radius 1 is 1.50 bits per heavy atom. The van der Waals surface area contributed by atoms with E-state index in [2.05, 4.69) is 15.9 Å². The first-order valence-corrected chi connectivity index (χ1v) is 4.78. The van der Waals surface area contributed by atoms with E-state index >= 15 is 0 Å². The van der Waals surface area contributed by atoms with Crippen LogP contribution < -0.4 is 0 Å². The molecule has 0 amide bonds. The molecular weight excluding hydrogens is 239 g/mol. The molecule has 0 aliphatic carbocycles. The van der Waals surface area contributed by atoms with E-state index in [0.717, 1.165) is 5.56 Å². The van der Waals surface area contributed by atoms with Crippen molar-refractivity contribution in [3.63, 3.8) is 0 Å². The fourth-order valence-corrected chi connectivity index (χ4v) is 1.32. The molecule has 0 unspecified atom stereocenters. The van der Waals surface area contributed by atoms with Crippen LogP contribution >= 0.6 is 27.5 Å². The van der Waals surface area contributed by atoms with Gasteiger partial charge in [-0.05, 0) is 27.6 Å². The van der Waals surface area contributed by atoms with Crippen molar-refractivity contribution in [2.45, 2.75) is 0 Å². The smallest absolute Gasteiger partial charge is 0.130 e. The number of halogens is 2. The molecule has 1 aromatic carbocycles. The van der Waals surface area contributed by atoms with Crippen LogP contribution in [0.15, 0.2) is 28.7 Å². The summed E-state index contributed by atoms with van der Waals surface area (Å²) in [6, 6.07) is 5.31. The summed E-state index contributed by atoms with van der Waals surface area (Å²) in [4.78, 5) is 0. The van der Waals surface area contributed by atoms with Gasteiger partial charge in [0.2, 0.25) is 0 Å². The minimum absolute atomic E-state index is 0.242. The molecule has 0 aromatic heterocycles. The van der Waals surface area contributed by atoms with Gasteiger partial charge in [0.15, 0.2) is 0 Å². The Morgan fingerprint density at radius 3 is 2.92 bits per heavy atom. The van der Waals surface area contributed by atoms with E-state index in [1.54, 1.807) is 12.1 Å². The number of rotatable bonds is 2. The first-order valence-electron chi connectivity index (χ1n) is 3.45. The van der Waals surface area contributed by atoms with Gasteiger partial charge in [-0.2, -0.15) is 0 Å². The fourth-order valence-electron chi connectivity index (χ4n) is 0.837. The molecule has 0 fully saturated rings. The molecule has 1 rings (SSSR count). The lowest BCUT2D eigenvalue weighted by atomic mass is 10.2. The van der Waals surface area contributed by atoms with E-state index in [0.29, 0.717) is 10.4 Å². The molecule has 1 N–H and O–H groups in total. The van der Waals surface area contributed by atoms with Crippen molar-refractivity contribution in [1.29, 1.82) is 0 Å². The van der Waals surface area contributed by atoms with E-state index in [1.807, 2.05) is 18.2 Å². The minimum Gasteiger partial charge on any atom is -0.507 e. The van der Waals surface area contributed by atoms with Gasteiger partial charge < -0.3 is 5.11 Å². The van der Waals surface area contributed by atoms with Gasteiger partial charge in [0.25, 0.3) is 0 Å². The molecule has 0 aliphatic rings. The Kier molecular flexibility index (Phi) is 3.63. The Balaban J connectivity index is 3.00. The van der Waals surface area contributed by atoms with Crippen molar-refractivity contribution in [2.75, 3.05) is 5.88 Å². The number of benzene rings is 1. The highest BCUT2D eigenvalue weighted by molar-refractivity contribution is 9.10. The Hall–Kier alpha value is -0.470. The van der Waals surface area contributed by atoms with Crippen molar-refractivity contribution in [3.8, 4) is 5.75 Å². The molecule has 0 spiro atoms. The second-order valence-electron chi connectivity index (χ2n) is 2.24. The van der Waals surface area contributed by atoms with E-state index in [-0.39, 0.29) is 5.75 Å². The molecule has 0 heterocycles. The summed E-state index contributed by atoms with van der Waals surface area (Å²) in [5.41, 5.74) is 0.927. The first-order chi connectivity index (χ1) is 5.75. The molecule has 0 saturated heterocycles. The van der Waals surface area contributed by atoms with Crippen LogP contribution in [-0.2, 0) is 0 Å². The van der Waals surface area contributed by atoms with Crippen LogP contribution in [0.1, 0.15) is 5.56 Å². The average Bonchev–Trinajstić information content (AvgIpc) is 2.08. The third kappa shape index (κ3) is 2.26. The van der Waals surface area contributed by atoms with E-state index < -0.39 is 0 Å². The maximum atomic E-state index is 9.29. The lowest BCUT2D eigenvalue weighted by Gasteiger charge is -1.99. The van der Waals surface area contributed by atoms with Crippen LogP contribution in [0.2, 0.25) is 0 Å². The number of alkyl halides is 1. The van der Waals surface area contributed by atoms with Crippen molar-refractivity contribution >= 4 is 33.6 Å². The highest BCUT2D eigenvalue weighted by Crippen LogP contribution is 2.27. The summed E-state index contributed by atoms with van der Waals surface area (Å²) in [6.07, 6.45) is 3.68. The monoisotopic (exact) mass is 246 g/mol. The number of hydrogen-bond acceptors (Lipinski definition) is 1. The van der Waals surface area contributed by atoms with E-state index in [1.165, 1.54) is 0 Å². The molecular formula is C9H8BrClO. The van der Waals surface area contributed by atoms with Crippen LogP contribution in [0.25, 0.3) is 6.08 Å². The van der Waals surface area contributed by atoms with E-state index in [4.69, 9.17) is 11.6 Å². The maximum Gasteiger partial charge on any atom is 0.130 e. The number of hydrogen-bond donors (Lipinski definition) is 1. The Labute approximate surface area is 84.8 Å². The molecule has 0 bridgehead atoms. The maximum absolute atomic E-state index is 9.29. The van der Waals surface area contributed by atoms with Crippen molar-refractivity contribution in [3.05, 3.63) is 34.3 Å². The molecule has 0 aliphatic heterocycles. The third-order valence-electron chi connectivity index (χ3n) is 1.39. The first kappa shape index (κ1) is 9.62. The van der Waals surface area contributed by atoms with Crippen LogP contribution in [0.3, 0.4) is 0 Å². The van der Waals surface area contributed by atoms with Gasteiger partial charge in [0.05, 0.1) is 4.47 Å². The van der Waals surface area contributed by atoms with Crippen molar-refractivity contribution < 1.29 is 5.11 Å². The Bertz CT molecular complexity index is 297. The van der Waals surface area contributed by atoms with Gasteiger partial charge in [0.1, 0.15) is 5.75 Å². The molecule has 3 heteroatoms. The van der Waals surface area contributed by atoms with Crippen molar-refractivity contribution in [2.24, 2.45) is 0 Å². The average molecular weight is 248 g/mol. The predicted molar refractivity (Wildman–Crippen MR) is 55.6 cm³/mol. The molecule has 0 radical (unpaired) electrons. The largest absolute Gasteiger partial charge is 0.507 e. The minimum atomic E-state index is 0.242. The summed E-state index contributed by atoms with van der Waals surface area (Å²) in [5.74, 6) is 0.717. The van der Waals surface area contributed by atoms with Gasteiger partial charge in [-0.3, -0.25) is 0 Å². The van der Waals surface area contributed by atoms with Gasteiger partial charge in [-0.25, -0.2) is 0 Å². The lowest BCUT2D eigenvalue weighted by Crippen LogP contribution is -1.75. The molecule has 1 nitrogen and oxygen atoms in total. The van der Waals surface area contributed by atoms with Crippen LogP contribution in [-0.4, -0.2) is 11.0 Å². The molecule has 0 saturated carbocycles. The lowest BCUT2D eigenvalue weighted by molar-refractivity contribution is 0.472. The second kappa shape index (κ2) is 4.53. The van der Waals surface area contributed by atoms with Gasteiger partial charge in [0, 0.05) is 5.88 Å². The molecule has 64 valence electrons. The van der Waals surface area contributed by atoms with Crippen LogP contribution in [0, 0.1) is 0 Å². The summed E-state index contributed by atoms with van der Waals surface area (Å²) < 4.78 is 0.700. The predicted octanol–water partition coefficient (Wildman–Crippen LogP) is 3.41. The number of aromatic hydroxyl groups is 1. The summed E-state index contributed by atoms with van der Waals surface area (Å²) >= 11 is 8.74. The number of allylic oxidation sites excluding steroid dienone is 1. The highest BCUT2D eigenvalue weighted by atomic mass is 79.9. The van der Waals surface area contributed by atoms with Gasteiger partial charge in [-0.15, -0.1) is 11.6 Å². The van der Waals surface area contributed by atoms with Crippen molar-refractivity contribution in [1.82, 2.24) is 0 Å². The second-order valence-corrected chi connectivity index (χ2v) is 3.34. The zero-order chi connectivity index (χ0) is 8.97. The van der Waals surface area contributed by atoms with E-state index in [9.17, 15) is 5.11 Å². The highest BCUT2D eigenvalue weighted by Gasteiger charge is 1.99. The topological polar surface area (TPSA) is 20.2 Å². The Morgan fingerprint density at radius 2 is 2.25 bits per heavy atom. The fraction of sp³-hybridized carbons (Fsp3) is 0.111. The standard InChI is InChI=1S/C9H8BrClO/c10-9-7(4-2-6-11)3-1-5-8(9)12/h1-5,12H,6H2. The summed E-state index contributed by atoms with van der Waals surface area (Å²) in [7, 11) is 0. The molecule has 0 atom stereocenters. The van der Waals surface area contributed by atoms with Crippen LogP contribution in [0.4, 0.5) is 0 Å². The molecule has 12 heavy (non-hydrogen) atoms. The summed E-state index contributed by atoms with van der Waals surface area (Å²) in [6.45, 7) is 0. The zero-order valence-corrected chi connectivity index (χ0v) is 8.64. The molecule has 1 aromatic rings. The number of phenols is 1. The normalized spacial score (nSPS) is 10.8. The third-order valence-corrected chi connectivity index (χ3v) is 2.44.